The Balaban J connectivity index is 2.26. The Morgan fingerprint density at radius 1 is 1.35 bits per heavy atom. The molecular weight excluding hydrogens is 216 g/mol. The first-order chi connectivity index (χ1) is 8.09. The Bertz CT molecular complexity index is 437. The van der Waals surface area contributed by atoms with E-state index in [0.29, 0.717) is 18.0 Å². The molecule has 0 aliphatic carbocycles. The Kier molecular flexibility index (Phi) is 3.33. The SMILES string of the molecule is Cc1cc(C)c(C(=O)N2CCCOC2)cc1N. The fourth-order valence-corrected chi connectivity index (χ4v) is 2.03. The third-order valence-electron chi connectivity index (χ3n) is 3.09. The van der Waals surface area contributed by atoms with Crippen LogP contribution < -0.4 is 5.73 Å². The number of hydrogen-bond donors (Lipinski definition) is 1. The molecule has 17 heavy (non-hydrogen) atoms. The molecule has 1 heterocycles. The molecule has 92 valence electrons. The molecule has 0 aromatic heterocycles. The van der Waals surface area contributed by atoms with Gasteiger partial charge < -0.3 is 15.4 Å². The standard InChI is InChI=1S/C13H18N2O2/c1-9-6-10(2)12(14)7-11(9)13(16)15-4-3-5-17-8-15/h6-7H,3-5,8,14H2,1-2H3. The number of carbonyl (C=O) groups is 1. The van der Waals surface area contributed by atoms with E-state index in [1.54, 1.807) is 11.0 Å². The predicted octanol–water partition coefficient (Wildman–Crippen LogP) is 1.71. The van der Waals surface area contributed by atoms with Crippen LogP contribution >= 0.6 is 0 Å². The topological polar surface area (TPSA) is 55.6 Å². The number of benzene rings is 1. The van der Waals surface area contributed by atoms with Crippen molar-refractivity contribution in [3.8, 4) is 0 Å². The zero-order valence-electron chi connectivity index (χ0n) is 10.3. The van der Waals surface area contributed by atoms with Crippen molar-refractivity contribution in [1.82, 2.24) is 4.90 Å². The highest BCUT2D eigenvalue weighted by atomic mass is 16.5. The van der Waals surface area contributed by atoms with Gasteiger partial charge in [-0.25, -0.2) is 0 Å². The highest BCUT2D eigenvalue weighted by Crippen LogP contribution is 2.20. The third kappa shape index (κ3) is 2.42. The van der Waals surface area contributed by atoms with Crippen LogP contribution in [0.25, 0.3) is 0 Å². The molecule has 4 heteroatoms. The maximum Gasteiger partial charge on any atom is 0.256 e. The number of anilines is 1. The van der Waals surface area contributed by atoms with Gasteiger partial charge in [0.05, 0.1) is 6.61 Å². The van der Waals surface area contributed by atoms with Crippen molar-refractivity contribution in [2.45, 2.75) is 20.3 Å². The van der Waals surface area contributed by atoms with Crippen LogP contribution in [-0.2, 0) is 4.74 Å². The third-order valence-corrected chi connectivity index (χ3v) is 3.09. The molecule has 0 radical (unpaired) electrons. The summed E-state index contributed by atoms with van der Waals surface area (Å²) in [5.41, 5.74) is 9.17. The first-order valence-corrected chi connectivity index (χ1v) is 5.83. The highest BCUT2D eigenvalue weighted by Gasteiger charge is 2.20. The first kappa shape index (κ1) is 11.9. The number of nitrogen functional groups attached to an aromatic ring is 1. The van der Waals surface area contributed by atoms with Crippen LogP contribution in [0.2, 0.25) is 0 Å². The van der Waals surface area contributed by atoms with Crippen LogP contribution in [0.15, 0.2) is 12.1 Å². The second kappa shape index (κ2) is 4.75. The maximum atomic E-state index is 12.3. The van der Waals surface area contributed by atoms with Gasteiger partial charge in [-0.2, -0.15) is 0 Å². The van der Waals surface area contributed by atoms with Gasteiger partial charge in [-0.3, -0.25) is 4.79 Å². The van der Waals surface area contributed by atoms with E-state index < -0.39 is 0 Å². The molecule has 1 aliphatic heterocycles. The lowest BCUT2D eigenvalue weighted by atomic mass is 10.0. The molecule has 2 N–H and O–H groups in total. The van der Waals surface area contributed by atoms with E-state index in [0.717, 1.165) is 30.7 Å². The van der Waals surface area contributed by atoms with E-state index in [1.807, 2.05) is 19.9 Å². The van der Waals surface area contributed by atoms with Crippen molar-refractivity contribution in [3.05, 3.63) is 28.8 Å². The van der Waals surface area contributed by atoms with Crippen molar-refractivity contribution in [3.63, 3.8) is 0 Å². The molecule has 0 atom stereocenters. The Labute approximate surface area is 101 Å². The van der Waals surface area contributed by atoms with Crippen molar-refractivity contribution in [1.29, 1.82) is 0 Å². The summed E-state index contributed by atoms with van der Waals surface area (Å²) < 4.78 is 5.29. The van der Waals surface area contributed by atoms with Gasteiger partial charge in [0, 0.05) is 17.8 Å². The van der Waals surface area contributed by atoms with Gasteiger partial charge in [-0.1, -0.05) is 6.07 Å². The molecule has 1 amide bonds. The molecular formula is C13H18N2O2. The second-order valence-electron chi connectivity index (χ2n) is 4.48. The number of carbonyl (C=O) groups excluding carboxylic acids is 1. The Morgan fingerprint density at radius 2 is 2.12 bits per heavy atom. The number of rotatable bonds is 1. The fourth-order valence-electron chi connectivity index (χ4n) is 2.03. The van der Waals surface area contributed by atoms with Gasteiger partial charge in [0.25, 0.3) is 5.91 Å². The monoisotopic (exact) mass is 234 g/mol. The van der Waals surface area contributed by atoms with E-state index in [-0.39, 0.29) is 5.91 Å². The quantitative estimate of drug-likeness (QED) is 0.752. The minimum absolute atomic E-state index is 0.00824. The van der Waals surface area contributed by atoms with Gasteiger partial charge in [-0.05, 0) is 37.5 Å². The summed E-state index contributed by atoms with van der Waals surface area (Å²) in [4.78, 5) is 14.0. The molecule has 0 spiro atoms. The summed E-state index contributed by atoms with van der Waals surface area (Å²) >= 11 is 0. The van der Waals surface area contributed by atoms with Gasteiger partial charge in [0.15, 0.2) is 0 Å². The first-order valence-electron chi connectivity index (χ1n) is 5.83. The molecule has 4 nitrogen and oxygen atoms in total. The summed E-state index contributed by atoms with van der Waals surface area (Å²) in [6, 6.07) is 3.72. The molecule has 1 aromatic carbocycles. The number of nitrogens with two attached hydrogens (primary N) is 1. The van der Waals surface area contributed by atoms with Gasteiger partial charge in [-0.15, -0.1) is 0 Å². The summed E-state index contributed by atoms with van der Waals surface area (Å²) in [6.45, 7) is 5.75. The van der Waals surface area contributed by atoms with Crippen molar-refractivity contribution < 1.29 is 9.53 Å². The Hall–Kier alpha value is -1.55. The van der Waals surface area contributed by atoms with Crippen molar-refractivity contribution in [2.24, 2.45) is 0 Å². The average molecular weight is 234 g/mol. The van der Waals surface area contributed by atoms with E-state index in [4.69, 9.17) is 10.5 Å². The van der Waals surface area contributed by atoms with E-state index in [1.165, 1.54) is 0 Å². The summed E-state index contributed by atoms with van der Waals surface area (Å²) in [7, 11) is 0. The summed E-state index contributed by atoms with van der Waals surface area (Å²) in [5.74, 6) is 0.00824. The molecule has 1 aromatic rings. The van der Waals surface area contributed by atoms with E-state index in [2.05, 4.69) is 0 Å². The van der Waals surface area contributed by atoms with Crippen LogP contribution in [0.4, 0.5) is 5.69 Å². The largest absolute Gasteiger partial charge is 0.398 e. The zero-order chi connectivity index (χ0) is 12.4. The van der Waals surface area contributed by atoms with Crippen LogP contribution in [-0.4, -0.2) is 30.7 Å². The minimum Gasteiger partial charge on any atom is -0.398 e. The van der Waals surface area contributed by atoms with Gasteiger partial charge >= 0.3 is 0 Å². The Morgan fingerprint density at radius 3 is 2.76 bits per heavy atom. The normalized spacial score (nSPS) is 16.0. The average Bonchev–Trinajstić information content (AvgIpc) is 2.34. The van der Waals surface area contributed by atoms with Crippen molar-refractivity contribution >= 4 is 11.6 Å². The van der Waals surface area contributed by atoms with Crippen LogP contribution in [0.1, 0.15) is 27.9 Å². The number of hydrogen-bond acceptors (Lipinski definition) is 3. The van der Waals surface area contributed by atoms with E-state index >= 15 is 0 Å². The minimum atomic E-state index is 0.00824. The summed E-state index contributed by atoms with van der Waals surface area (Å²) in [6.07, 6.45) is 0.895. The molecule has 1 saturated heterocycles. The molecule has 1 aliphatic rings. The fraction of sp³-hybridized carbons (Fsp3) is 0.462. The smallest absolute Gasteiger partial charge is 0.256 e. The second-order valence-corrected chi connectivity index (χ2v) is 4.48. The molecule has 1 fully saturated rings. The maximum absolute atomic E-state index is 12.3. The molecule has 2 rings (SSSR count). The van der Waals surface area contributed by atoms with Crippen LogP contribution in [0.5, 0.6) is 0 Å². The van der Waals surface area contributed by atoms with E-state index in [9.17, 15) is 4.79 Å². The predicted molar refractivity (Wildman–Crippen MR) is 66.8 cm³/mol. The van der Waals surface area contributed by atoms with Crippen LogP contribution in [0.3, 0.4) is 0 Å². The zero-order valence-corrected chi connectivity index (χ0v) is 10.3. The molecule has 0 saturated carbocycles. The van der Waals surface area contributed by atoms with Gasteiger partial charge in [0.2, 0.25) is 0 Å². The summed E-state index contributed by atoms with van der Waals surface area (Å²) in [5, 5.41) is 0. The number of nitrogens with zero attached hydrogens (tertiary/aromatic N) is 1. The highest BCUT2D eigenvalue weighted by molar-refractivity contribution is 5.96. The van der Waals surface area contributed by atoms with Crippen LogP contribution in [0, 0.1) is 13.8 Å². The molecule has 0 unspecified atom stereocenters. The van der Waals surface area contributed by atoms with Gasteiger partial charge in [0.1, 0.15) is 6.73 Å². The number of ether oxygens (including phenoxy) is 1. The lowest BCUT2D eigenvalue weighted by molar-refractivity contribution is -0.00574. The lowest BCUT2D eigenvalue weighted by Gasteiger charge is -2.27. The number of amides is 1. The number of aryl methyl sites for hydroxylation is 2. The van der Waals surface area contributed by atoms with Crippen molar-refractivity contribution in [2.75, 3.05) is 25.6 Å². The molecule has 0 bridgehead atoms. The lowest BCUT2D eigenvalue weighted by Crippen LogP contribution is -2.38.